The summed E-state index contributed by atoms with van der Waals surface area (Å²) in [6.07, 6.45) is 3.00. The zero-order chi connectivity index (χ0) is 12.8. The Bertz CT molecular complexity index is 275. The molecule has 0 aromatic heterocycles. The topological polar surface area (TPSA) is 49.6 Å². The maximum absolute atomic E-state index is 11.9. The third-order valence-corrected chi connectivity index (χ3v) is 3.56. The maximum Gasteiger partial charge on any atom is 0.236 e. The lowest BCUT2D eigenvalue weighted by Gasteiger charge is -2.30. The summed E-state index contributed by atoms with van der Waals surface area (Å²) in [5.41, 5.74) is 5.42. The minimum absolute atomic E-state index is 0.163. The van der Waals surface area contributed by atoms with Gasteiger partial charge in [0.05, 0.1) is 11.5 Å². The van der Waals surface area contributed by atoms with Gasteiger partial charge in [-0.05, 0) is 31.8 Å². The van der Waals surface area contributed by atoms with Crippen molar-refractivity contribution in [2.45, 2.75) is 26.2 Å². The van der Waals surface area contributed by atoms with Gasteiger partial charge in [-0.25, -0.2) is 0 Å². The molecular weight excluding hydrogens is 234 g/mol. The van der Waals surface area contributed by atoms with Crippen molar-refractivity contribution in [2.75, 3.05) is 33.2 Å². The van der Waals surface area contributed by atoms with Crippen LogP contribution in [0.4, 0.5) is 0 Å². The molecule has 1 heterocycles. The number of rotatable bonds is 5. The standard InChI is InChI=1S/C12H23N3OS/c1-10-3-7-15(8-4-10)9-12(16)14(2)6-5-11(13)17/h10H,3-9H2,1-2H3,(H2,13,17). The zero-order valence-corrected chi connectivity index (χ0v) is 11.6. The Morgan fingerprint density at radius 2 is 2.06 bits per heavy atom. The summed E-state index contributed by atoms with van der Waals surface area (Å²) in [5, 5.41) is 0. The normalized spacial score (nSPS) is 18.0. The van der Waals surface area contributed by atoms with E-state index in [1.54, 1.807) is 4.90 Å². The van der Waals surface area contributed by atoms with E-state index < -0.39 is 0 Å². The van der Waals surface area contributed by atoms with Crippen LogP contribution in [0, 0.1) is 5.92 Å². The first-order valence-corrected chi connectivity index (χ1v) is 6.64. The molecule has 5 heteroatoms. The van der Waals surface area contributed by atoms with Crippen molar-refractivity contribution in [3.8, 4) is 0 Å². The summed E-state index contributed by atoms with van der Waals surface area (Å²) in [7, 11) is 1.81. The third kappa shape index (κ3) is 5.46. The van der Waals surface area contributed by atoms with E-state index in [1.807, 2.05) is 7.05 Å². The Hall–Kier alpha value is -0.680. The number of piperidine rings is 1. The summed E-state index contributed by atoms with van der Waals surface area (Å²) < 4.78 is 0. The van der Waals surface area contributed by atoms with E-state index in [1.165, 1.54) is 12.8 Å². The lowest BCUT2D eigenvalue weighted by atomic mass is 9.99. The van der Waals surface area contributed by atoms with E-state index >= 15 is 0 Å². The first kappa shape index (κ1) is 14.4. The molecule has 0 radical (unpaired) electrons. The number of thiocarbonyl (C=S) groups is 1. The Morgan fingerprint density at radius 1 is 1.47 bits per heavy atom. The smallest absolute Gasteiger partial charge is 0.236 e. The highest BCUT2D eigenvalue weighted by Gasteiger charge is 2.19. The molecule has 1 fully saturated rings. The van der Waals surface area contributed by atoms with Crippen molar-refractivity contribution in [3.05, 3.63) is 0 Å². The molecule has 1 aliphatic rings. The van der Waals surface area contributed by atoms with Crippen LogP contribution in [-0.2, 0) is 4.79 Å². The first-order chi connectivity index (χ1) is 7.99. The highest BCUT2D eigenvalue weighted by molar-refractivity contribution is 7.80. The Balaban J connectivity index is 2.25. The van der Waals surface area contributed by atoms with Crippen molar-refractivity contribution in [3.63, 3.8) is 0 Å². The van der Waals surface area contributed by atoms with Gasteiger partial charge in [0.2, 0.25) is 5.91 Å². The quantitative estimate of drug-likeness (QED) is 0.742. The van der Waals surface area contributed by atoms with Crippen molar-refractivity contribution < 1.29 is 4.79 Å². The summed E-state index contributed by atoms with van der Waals surface area (Å²) >= 11 is 4.80. The number of likely N-dealkylation sites (tertiary alicyclic amines) is 1. The fraction of sp³-hybridized carbons (Fsp3) is 0.833. The van der Waals surface area contributed by atoms with Gasteiger partial charge in [-0.3, -0.25) is 9.69 Å². The lowest BCUT2D eigenvalue weighted by Crippen LogP contribution is -2.42. The van der Waals surface area contributed by atoms with Crippen LogP contribution in [0.5, 0.6) is 0 Å². The first-order valence-electron chi connectivity index (χ1n) is 6.23. The zero-order valence-electron chi connectivity index (χ0n) is 10.8. The van der Waals surface area contributed by atoms with Crippen molar-refractivity contribution in [1.29, 1.82) is 0 Å². The number of nitrogens with zero attached hydrogens (tertiary/aromatic N) is 2. The molecule has 0 aromatic carbocycles. The molecule has 0 saturated carbocycles. The molecule has 0 bridgehead atoms. The van der Waals surface area contributed by atoms with Crippen molar-refractivity contribution >= 4 is 23.1 Å². The van der Waals surface area contributed by atoms with Crippen LogP contribution in [0.2, 0.25) is 0 Å². The second-order valence-electron chi connectivity index (χ2n) is 4.99. The van der Waals surface area contributed by atoms with Gasteiger partial charge < -0.3 is 10.6 Å². The molecule has 98 valence electrons. The summed E-state index contributed by atoms with van der Waals surface area (Å²) in [6, 6.07) is 0. The molecule has 1 amide bonds. The lowest BCUT2D eigenvalue weighted by molar-refractivity contribution is -0.131. The fourth-order valence-electron chi connectivity index (χ4n) is 1.93. The summed E-state index contributed by atoms with van der Waals surface area (Å²) in [6.45, 7) is 5.50. The molecular formula is C12H23N3OS. The molecule has 0 spiro atoms. The Morgan fingerprint density at radius 3 is 2.59 bits per heavy atom. The molecule has 0 atom stereocenters. The van der Waals surface area contributed by atoms with Crippen LogP contribution >= 0.6 is 12.2 Å². The fourth-order valence-corrected chi connectivity index (χ4v) is 2.03. The highest BCUT2D eigenvalue weighted by Crippen LogP contribution is 2.15. The van der Waals surface area contributed by atoms with Gasteiger partial charge in [0, 0.05) is 20.0 Å². The predicted molar refractivity (Wildman–Crippen MR) is 73.9 cm³/mol. The van der Waals surface area contributed by atoms with Crippen molar-refractivity contribution in [1.82, 2.24) is 9.80 Å². The third-order valence-electron chi connectivity index (χ3n) is 3.35. The highest BCUT2D eigenvalue weighted by atomic mass is 32.1. The van der Waals surface area contributed by atoms with Gasteiger partial charge >= 0.3 is 0 Å². The summed E-state index contributed by atoms with van der Waals surface area (Å²) in [5.74, 6) is 0.962. The monoisotopic (exact) mass is 257 g/mol. The molecule has 0 aromatic rings. The molecule has 1 rings (SSSR count). The molecule has 1 aliphatic heterocycles. The van der Waals surface area contributed by atoms with Crippen LogP contribution in [0.25, 0.3) is 0 Å². The molecule has 2 N–H and O–H groups in total. The Labute approximate surface area is 109 Å². The number of hydrogen-bond acceptors (Lipinski definition) is 3. The maximum atomic E-state index is 11.9. The average molecular weight is 257 g/mol. The van der Waals surface area contributed by atoms with E-state index in [9.17, 15) is 4.79 Å². The van der Waals surface area contributed by atoms with Gasteiger partial charge in [-0.15, -0.1) is 0 Å². The van der Waals surface area contributed by atoms with E-state index in [4.69, 9.17) is 18.0 Å². The predicted octanol–water partition coefficient (Wildman–Crippen LogP) is 0.853. The largest absolute Gasteiger partial charge is 0.393 e. The van der Waals surface area contributed by atoms with E-state index in [2.05, 4.69) is 11.8 Å². The van der Waals surface area contributed by atoms with Gasteiger partial charge in [0.25, 0.3) is 0 Å². The number of carbonyl (C=O) groups excluding carboxylic acids is 1. The van der Waals surface area contributed by atoms with Crippen LogP contribution in [0.15, 0.2) is 0 Å². The van der Waals surface area contributed by atoms with E-state index in [0.717, 1.165) is 19.0 Å². The number of carbonyl (C=O) groups is 1. The minimum Gasteiger partial charge on any atom is -0.393 e. The summed E-state index contributed by atoms with van der Waals surface area (Å²) in [4.78, 5) is 16.3. The molecule has 1 saturated heterocycles. The number of hydrogen-bond donors (Lipinski definition) is 1. The van der Waals surface area contributed by atoms with Crippen molar-refractivity contribution in [2.24, 2.45) is 11.7 Å². The minimum atomic E-state index is 0.163. The van der Waals surface area contributed by atoms with Gasteiger partial charge in [-0.2, -0.15) is 0 Å². The number of nitrogens with two attached hydrogens (primary N) is 1. The number of likely N-dealkylation sites (N-methyl/N-ethyl adjacent to an activating group) is 1. The molecule has 4 nitrogen and oxygen atoms in total. The second-order valence-corrected chi connectivity index (χ2v) is 5.51. The second kappa shape index (κ2) is 6.91. The SMILES string of the molecule is CC1CCN(CC(=O)N(C)CCC(N)=S)CC1. The average Bonchev–Trinajstić information content (AvgIpc) is 2.28. The van der Waals surface area contributed by atoms with Gasteiger partial charge in [0.1, 0.15) is 0 Å². The van der Waals surface area contributed by atoms with Crippen LogP contribution in [-0.4, -0.2) is 53.9 Å². The van der Waals surface area contributed by atoms with E-state index in [0.29, 0.717) is 24.5 Å². The van der Waals surface area contributed by atoms with Gasteiger partial charge in [0.15, 0.2) is 0 Å². The Kier molecular flexibility index (Phi) is 5.85. The number of amides is 1. The van der Waals surface area contributed by atoms with Crippen LogP contribution in [0.3, 0.4) is 0 Å². The molecule has 17 heavy (non-hydrogen) atoms. The van der Waals surface area contributed by atoms with Crippen LogP contribution in [0.1, 0.15) is 26.2 Å². The molecule has 0 unspecified atom stereocenters. The van der Waals surface area contributed by atoms with Crippen LogP contribution < -0.4 is 5.73 Å². The molecule has 0 aliphatic carbocycles. The van der Waals surface area contributed by atoms with Gasteiger partial charge in [-0.1, -0.05) is 19.1 Å². The van der Waals surface area contributed by atoms with E-state index in [-0.39, 0.29) is 5.91 Å².